The standard InChI is InChI=1S/C17H25N3O2/c1-12-9-13(2)11-14(10-12)6-8-19-17(22)20-15-5-3-4-7-18-16(15)21/h9-11,15H,3-8H2,1-2H3,(H,18,21)(H2,19,20,22)/t15-/m1/s1. The molecular formula is C17H25N3O2. The molecule has 0 saturated carbocycles. The van der Waals surface area contributed by atoms with Gasteiger partial charge in [-0.3, -0.25) is 4.79 Å². The number of hydrogen-bond acceptors (Lipinski definition) is 2. The monoisotopic (exact) mass is 303 g/mol. The summed E-state index contributed by atoms with van der Waals surface area (Å²) in [7, 11) is 0. The fraction of sp³-hybridized carbons (Fsp3) is 0.529. The minimum absolute atomic E-state index is 0.0815. The molecule has 1 heterocycles. The summed E-state index contributed by atoms with van der Waals surface area (Å²) in [6.07, 6.45) is 3.41. The van der Waals surface area contributed by atoms with Crippen molar-refractivity contribution in [1.82, 2.24) is 16.0 Å². The van der Waals surface area contributed by atoms with E-state index in [9.17, 15) is 9.59 Å². The smallest absolute Gasteiger partial charge is 0.315 e. The summed E-state index contributed by atoms with van der Waals surface area (Å²) in [5, 5.41) is 8.40. The van der Waals surface area contributed by atoms with E-state index < -0.39 is 6.04 Å². The van der Waals surface area contributed by atoms with Gasteiger partial charge in [0.2, 0.25) is 5.91 Å². The summed E-state index contributed by atoms with van der Waals surface area (Å²) in [6, 6.07) is 5.71. The van der Waals surface area contributed by atoms with Crippen molar-refractivity contribution in [1.29, 1.82) is 0 Å². The SMILES string of the molecule is Cc1cc(C)cc(CCNC(=O)N[C@@H]2CCCCNC2=O)c1. The zero-order valence-electron chi connectivity index (χ0n) is 13.4. The highest BCUT2D eigenvalue weighted by Crippen LogP contribution is 2.09. The zero-order chi connectivity index (χ0) is 15.9. The molecule has 0 unspecified atom stereocenters. The molecule has 120 valence electrons. The van der Waals surface area contributed by atoms with Gasteiger partial charge in [0.05, 0.1) is 0 Å². The van der Waals surface area contributed by atoms with Crippen LogP contribution in [0, 0.1) is 13.8 Å². The van der Waals surface area contributed by atoms with Gasteiger partial charge >= 0.3 is 6.03 Å². The highest BCUT2D eigenvalue weighted by molar-refractivity contribution is 5.87. The summed E-state index contributed by atoms with van der Waals surface area (Å²) >= 11 is 0. The van der Waals surface area contributed by atoms with Crippen LogP contribution in [0.4, 0.5) is 4.79 Å². The molecule has 22 heavy (non-hydrogen) atoms. The Bertz CT molecular complexity index is 522. The molecular weight excluding hydrogens is 278 g/mol. The van der Waals surface area contributed by atoms with Gasteiger partial charge in [0.1, 0.15) is 6.04 Å². The van der Waals surface area contributed by atoms with Crippen LogP contribution in [0.2, 0.25) is 0 Å². The molecule has 1 fully saturated rings. The Balaban J connectivity index is 1.76. The summed E-state index contributed by atoms with van der Waals surface area (Å²) in [6.45, 7) is 5.40. The number of aryl methyl sites for hydroxylation is 2. The average Bonchev–Trinajstić information content (AvgIpc) is 2.63. The highest BCUT2D eigenvalue weighted by atomic mass is 16.2. The fourth-order valence-corrected chi connectivity index (χ4v) is 2.82. The molecule has 2 rings (SSSR count). The number of hydrogen-bond donors (Lipinski definition) is 3. The summed E-state index contributed by atoms with van der Waals surface area (Å²) in [4.78, 5) is 23.7. The molecule has 0 aliphatic carbocycles. The first kappa shape index (κ1) is 16.3. The zero-order valence-corrected chi connectivity index (χ0v) is 13.4. The molecule has 5 heteroatoms. The number of amides is 3. The largest absolute Gasteiger partial charge is 0.354 e. The lowest BCUT2D eigenvalue weighted by Crippen LogP contribution is -2.49. The van der Waals surface area contributed by atoms with E-state index >= 15 is 0 Å². The number of nitrogens with one attached hydrogen (secondary N) is 3. The second kappa shape index (κ2) is 7.82. The number of benzene rings is 1. The van der Waals surface area contributed by atoms with Crippen LogP contribution >= 0.6 is 0 Å². The second-order valence-electron chi connectivity index (χ2n) is 5.99. The van der Waals surface area contributed by atoms with Gasteiger partial charge in [-0.05, 0) is 45.1 Å². The van der Waals surface area contributed by atoms with Crippen LogP contribution in [0.15, 0.2) is 18.2 Å². The van der Waals surface area contributed by atoms with Crippen LogP contribution in [-0.4, -0.2) is 31.1 Å². The predicted molar refractivity (Wildman–Crippen MR) is 86.8 cm³/mol. The molecule has 1 aliphatic rings. The maximum Gasteiger partial charge on any atom is 0.315 e. The van der Waals surface area contributed by atoms with Crippen molar-refractivity contribution in [2.45, 2.75) is 45.6 Å². The van der Waals surface area contributed by atoms with E-state index in [-0.39, 0.29) is 11.9 Å². The molecule has 1 aromatic carbocycles. The molecule has 0 spiro atoms. The van der Waals surface area contributed by atoms with E-state index in [1.807, 2.05) is 0 Å². The quantitative estimate of drug-likeness (QED) is 0.794. The first-order valence-electron chi connectivity index (χ1n) is 7.94. The van der Waals surface area contributed by atoms with Crippen LogP contribution in [-0.2, 0) is 11.2 Å². The van der Waals surface area contributed by atoms with Gasteiger partial charge in [0.15, 0.2) is 0 Å². The Kier molecular flexibility index (Phi) is 5.81. The number of carbonyl (C=O) groups excluding carboxylic acids is 2. The van der Waals surface area contributed by atoms with Crippen molar-refractivity contribution in [2.75, 3.05) is 13.1 Å². The lowest BCUT2D eigenvalue weighted by molar-refractivity contribution is -0.122. The Hall–Kier alpha value is -2.04. The number of carbonyl (C=O) groups is 2. The maximum atomic E-state index is 11.9. The van der Waals surface area contributed by atoms with E-state index in [0.29, 0.717) is 19.5 Å². The van der Waals surface area contributed by atoms with Crippen LogP contribution in [0.3, 0.4) is 0 Å². The first-order valence-corrected chi connectivity index (χ1v) is 7.94. The van der Waals surface area contributed by atoms with Gasteiger partial charge < -0.3 is 16.0 Å². The minimum atomic E-state index is -0.413. The predicted octanol–water partition coefficient (Wildman–Crippen LogP) is 1.81. The second-order valence-corrected chi connectivity index (χ2v) is 5.99. The van der Waals surface area contributed by atoms with E-state index in [1.54, 1.807) is 0 Å². The van der Waals surface area contributed by atoms with Gasteiger partial charge in [-0.1, -0.05) is 29.3 Å². The Labute approximate surface area is 131 Å². The highest BCUT2D eigenvalue weighted by Gasteiger charge is 2.21. The van der Waals surface area contributed by atoms with Gasteiger partial charge in [0, 0.05) is 13.1 Å². The van der Waals surface area contributed by atoms with E-state index in [4.69, 9.17) is 0 Å². The van der Waals surface area contributed by atoms with Crippen molar-refractivity contribution in [3.63, 3.8) is 0 Å². The third kappa shape index (κ3) is 5.06. The van der Waals surface area contributed by atoms with Gasteiger partial charge in [-0.25, -0.2) is 4.79 Å². The van der Waals surface area contributed by atoms with Crippen LogP contribution in [0.25, 0.3) is 0 Å². The molecule has 0 radical (unpaired) electrons. The normalized spacial score (nSPS) is 18.3. The summed E-state index contributed by atoms with van der Waals surface area (Å²) in [5.41, 5.74) is 3.68. The van der Waals surface area contributed by atoms with Gasteiger partial charge in [-0.15, -0.1) is 0 Å². The van der Waals surface area contributed by atoms with Crippen molar-refractivity contribution < 1.29 is 9.59 Å². The van der Waals surface area contributed by atoms with E-state index in [0.717, 1.165) is 19.3 Å². The topological polar surface area (TPSA) is 70.2 Å². The Morgan fingerprint density at radius 3 is 2.68 bits per heavy atom. The first-order chi connectivity index (χ1) is 10.5. The molecule has 1 aliphatic heterocycles. The molecule has 3 amide bonds. The number of urea groups is 1. The van der Waals surface area contributed by atoms with Crippen molar-refractivity contribution in [3.8, 4) is 0 Å². The van der Waals surface area contributed by atoms with Crippen molar-refractivity contribution >= 4 is 11.9 Å². The van der Waals surface area contributed by atoms with Gasteiger partial charge in [0.25, 0.3) is 0 Å². The summed E-state index contributed by atoms with van der Waals surface area (Å²) < 4.78 is 0. The fourth-order valence-electron chi connectivity index (χ4n) is 2.82. The Morgan fingerprint density at radius 2 is 1.95 bits per heavy atom. The van der Waals surface area contributed by atoms with Crippen LogP contribution in [0.5, 0.6) is 0 Å². The van der Waals surface area contributed by atoms with Crippen LogP contribution < -0.4 is 16.0 Å². The molecule has 1 aromatic rings. The minimum Gasteiger partial charge on any atom is -0.354 e. The molecule has 3 N–H and O–H groups in total. The van der Waals surface area contributed by atoms with Crippen molar-refractivity contribution in [2.24, 2.45) is 0 Å². The molecule has 1 saturated heterocycles. The maximum absolute atomic E-state index is 11.9. The van der Waals surface area contributed by atoms with Crippen LogP contribution in [0.1, 0.15) is 36.0 Å². The van der Waals surface area contributed by atoms with E-state index in [2.05, 4.69) is 48.0 Å². The molecule has 5 nitrogen and oxygen atoms in total. The molecule has 0 bridgehead atoms. The lowest BCUT2D eigenvalue weighted by atomic mass is 10.1. The summed E-state index contributed by atoms with van der Waals surface area (Å²) in [5.74, 6) is -0.0815. The molecule has 0 aromatic heterocycles. The average molecular weight is 303 g/mol. The van der Waals surface area contributed by atoms with Gasteiger partial charge in [-0.2, -0.15) is 0 Å². The van der Waals surface area contributed by atoms with Crippen molar-refractivity contribution in [3.05, 3.63) is 34.9 Å². The van der Waals surface area contributed by atoms with E-state index in [1.165, 1.54) is 16.7 Å². The number of rotatable bonds is 4. The molecule has 1 atom stereocenters. The third-order valence-electron chi connectivity index (χ3n) is 3.82. The third-order valence-corrected chi connectivity index (χ3v) is 3.82. The lowest BCUT2D eigenvalue weighted by Gasteiger charge is -2.15. The Morgan fingerprint density at radius 1 is 1.23 bits per heavy atom.